The van der Waals surface area contributed by atoms with E-state index in [1.807, 2.05) is 13.2 Å². The number of amides is 1. The third-order valence-electron chi connectivity index (χ3n) is 2.83. The minimum absolute atomic E-state index is 0.0141. The first-order valence-electron chi connectivity index (χ1n) is 6.09. The molecule has 2 N–H and O–H groups in total. The topological polar surface area (TPSA) is 62.2 Å². The van der Waals surface area contributed by atoms with Crippen molar-refractivity contribution in [2.75, 3.05) is 12.9 Å². The predicted molar refractivity (Wildman–Crippen MR) is 74.5 cm³/mol. The minimum atomic E-state index is -0.394. The molecule has 2 atom stereocenters. The van der Waals surface area contributed by atoms with Crippen LogP contribution in [0.25, 0.3) is 0 Å². The fraction of sp³-hybridized carbons (Fsp3) is 0.538. The molecule has 1 aromatic rings. The van der Waals surface area contributed by atoms with Gasteiger partial charge in [0.05, 0.1) is 12.8 Å². The number of nitrogens with one attached hydrogen (secondary N) is 1. The van der Waals surface area contributed by atoms with Crippen molar-refractivity contribution in [3.63, 3.8) is 0 Å². The molecule has 106 valence electrons. The van der Waals surface area contributed by atoms with Crippen LogP contribution in [-0.4, -0.2) is 40.2 Å². The van der Waals surface area contributed by atoms with Crippen molar-refractivity contribution < 1.29 is 14.3 Å². The van der Waals surface area contributed by atoms with E-state index in [0.29, 0.717) is 12.0 Å². The van der Waals surface area contributed by atoms with E-state index in [-0.39, 0.29) is 30.2 Å². The first-order valence-corrected chi connectivity index (χ1v) is 7.38. The molecule has 0 radical (unpaired) electrons. The second-order valence-electron chi connectivity index (χ2n) is 4.32. The van der Waals surface area contributed by atoms with Crippen molar-refractivity contribution in [1.29, 1.82) is 0 Å². The highest BCUT2D eigenvalue weighted by atomic mass is 32.2. The highest BCUT2D eigenvalue weighted by Crippen LogP contribution is 2.10. The van der Waals surface area contributed by atoms with Gasteiger partial charge in [0.15, 0.2) is 0 Å². The highest BCUT2D eigenvalue weighted by molar-refractivity contribution is 7.99. The molecule has 0 aliphatic heterocycles. The summed E-state index contributed by atoms with van der Waals surface area (Å²) in [5, 5.41) is 11.9. The van der Waals surface area contributed by atoms with Crippen LogP contribution >= 0.6 is 11.8 Å². The van der Waals surface area contributed by atoms with E-state index in [0.717, 1.165) is 6.20 Å². The lowest BCUT2D eigenvalue weighted by molar-refractivity contribution is -0.121. The van der Waals surface area contributed by atoms with Crippen LogP contribution in [0.5, 0.6) is 0 Å². The van der Waals surface area contributed by atoms with Crippen LogP contribution in [0.15, 0.2) is 18.5 Å². The Morgan fingerprint density at radius 1 is 1.58 bits per heavy atom. The number of pyridine rings is 1. The molecule has 6 heteroatoms. The lowest BCUT2D eigenvalue weighted by Crippen LogP contribution is -2.41. The molecule has 0 saturated heterocycles. The van der Waals surface area contributed by atoms with Gasteiger partial charge in [-0.05, 0) is 31.2 Å². The number of rotatable bonds is 7. The summed E-state index contributed by atoms with van der Waals surface area (Å²) in [5.41, 5.74) is 0.700. The summed E-state index contributed by atoms with van der Waals surface area (Å²) in [6.45, 7) is 1.88. The van der Waals surface area contributed by atoms with Crippen LogP contribution in [-0.2, 0) is 11.2 Å². The van der Waals surface area contributed by atoms with Gasteiger partial charge in [-0.2, -0.15) is 11.8 Å². The largest absolute Gasteiger partial charge is 0.395 e. The number of nitrogens with zero attached hydrogens (tertiary/aromatic N) is 1. The zero-order chi connectivity index (χ0) is 14.3. The van der Waals surface area contributed by atoms with Crippen molar-refractivity contribution in [2.45, 2.75) is 31.1 Å². The zero-order valence-corrected chi connectivity index (χ0v) is 11.9. The molecule has 0 saturated carbocycles. The van der Waals surface area contributed by atoms with E-state index in [1.54, 1.807) is 6.20 Å². The summed E-state index contributed by atoms with van der Waals surface area (Å²) < 4.78 is 12.9. The molecule has 0 fully saturated rings. The Balaban J connectivity index is 2.39. The Hall–Kier alpha value is -1.14. The molecule has 1 aromatic heterocycles. The normalized spacial score (nSPS) is 13.9. The summed E-state index contributed by atoms with van der Waals surface area (Å²) in [6, 6.07) is 1.28. The van der Waals surface area contributed by atoms with E-state index in [4.69, 9.17) is 5.11 Å². The summed E-state index contributed by atoms with van der Waals surface area (Å²) in [7, 11) is 0. The Labute approximate surface area is 116 Å². The summed E-state index contributed by atoms with van der Waals surface area (Å²) >= 11 is 1.51. The van der Waals surface area contributed by atoms with Crippen molar-refractivity contribution in [1.82, 2.24) is 10.3 Å². The van der Waals surface area contributed by atoms with Gasteiger partial charge in [-0.3, -0.25) is 9.78 Å². The first-order chi connectivity index (χ1) is 9.06. The van der Waals surface area contributed by atoms with Crippen LogP contribution in [0.2, 0.25) is 0 Å². The Morgan fingerprint density at radius 3 is 2.89 bits per heavy atom. The van der Waals surface area contributed by atoms with Crippen molar-refractivity contribution in [2.24, 2.45) is 0 Å². The zero-order valence-electron chi connectivity index (χ0n) is 11.1. The fourth-order valence-electron chi connectivity index (χ4n) is 1.71. The fourth-order valence-corrected chi connectivity index (χ4v) is 2.33. The standard InChI is InChI=1S/C13H19FN2O2S/c1-9(12(8-17)19-2)16-13(18)4-3-10-5-11(14)7-15-6-10/h5-7,9,12,17H,3-4,8H2,1-2H3,(H,16,18). The molecular formula is C13H19FN2O2S. The number of aryl methyl sites for hydroxylation is 1. The van der Waals surface area contributed by atoms with E-state index in [1.165, 1.54) is 17.8 Å². The Bertz CT molecular complexity index is 413. The van der Waals surface area contributed by atoms with Crippen LogP contribution in [0, 0.1) is 5.82 Å². The first kappa shape index (κ1) is 15.9. The molecular weight excluding hydrogens is 267 g/mol. The number of aliphatic hydroxyl groups is 1. The minimum Gasteiger partial charge on any atom is -0.395 e. The van der Waals surface area contributed by atoms with Crippen molar-refractivity contribution in [3.8, 4) is 0 Å². The lowest BCUT2D eigenvalue weighted by atomic mass is 10.1. The smallest absolute Gasteiger partial charge is 0.220 e. The van der Waals surface area contributed by atoms with Crippen molar-refractivity contribution in [3.05, 3.63) is 29.8 Å². The van der Waals surface area contributed by atoms with Gasteiger partial charge in [0, 0.05) is 23.9 Å². The molecule has 0 aromatic carbocycles. The molecule has 0 bridgehead atoms. The highest BCUT2D eigenvalue weighted by Gasteiger charge is 2.17. The molecule has 1 rings (SSSR count). The number of hydrogen-bond donors (Lipinski definition) is 2. The molecule has 2 unspecified atom stereocenters. The summed E-state index contributed by atoms with van der Waals surface area (Å²) in [5.74, 6) is -0.502. The Morgan fingerprint density at radius 2 is 2.32 bits per heavy atom. The van der Waals surface area contributed by atoms with Crippen LogP contribution in [0.1, 0.15) is 18.9 Å². The molecule has 1 amide bonds. The van der Waals surface area contributed by atoms with E-state index < -0.39 is 5.82 Å². The lowest BCUT2D eigenvalue weighted by Gasteiger charge is -2.21. The Kier molecular flexibility index (Phi) is 6.80. The molecule has 0 aliphatic carbocycles. The molecule has 4 nitrogen and oxygen atoms in total. The van der Waals surface area contributed by atoms with Gasteiger partial charge in [0.2, 0.25) is 5.91 Å². The van der Waals surface area contributed by atoms with Gasteiger partial charge in [-0.15, -0.1) is 0 Å². The third kappa shape index (κ3) is 5.57. The van der Waals surface area contributed by atoms with Crippen molar-refractivity contribution >= 4 is 17.7 Å². The number of aliphatic hydroxyl groups excluding tert-OH is 1. The van der Waals surface area contributed by atoms with Gasteiger partial charge in [0.1, 0.15) is 5.82 Å². The van der Waals surface area contributed by atoms with Gasteiger partial charge >= 0.3 is 0 Å². The quantitative estimate of drug-likeness (QED) is 0.795. The number of hydrogen-bond acceptors (Lipinski definition) is 4. The molecule has 1 heterocycles. The number of thioether (sulfide) groups is 1. The van der Waals surface area contributed by atoms with Crippen LogP contribution in [0.3, 0.4) is 0 Å². The van der Waals surface area contributed by atoms with Gasteiger partial charge in [-0.25, -0.2) is 4.39 Å². The maximum Gasteiger partial charge on any atom is 0.220 e. The van der Waals surface area contributed by atoms with E-state index in [9.17, 15) is 9.18 Å². The van der Waals surface area contributed by atoms with E-state index >= 15 is 0 Å². The maximum absolute atomic E-state index is 12.9. The number of carbonyl (C=O) groups is 1. The van der Waals surface area contributed by atoms with Crippen LogP contribution < -0.4 is 5.32 Å². The molecule has 0 aliphatic rings. The SMILES string of the molecule is CSC(CO)C(C)NC(=O)CCc1cncc(F)c1. The summed E-state index contributed by atoms with van der Waals surface area (Å²) in [6.07, 6.45) is 5.31. The van der Waals surface area contributed by atoms with Gasteiger partial charge in [0.25, 0.3) is 0 Å². The number of aromatic nitrogens is 1. The molecule has 19 heavy (non-hydrogen) atoms. The number of halogens is 1. The van der Waals surface area contributed by atoms with Gasteiger partial charge < -0.3 is 10.4 Å². The predicted octanol–water partition coefficient (Wildman–Crippen LogP) is 1.38. The van der Waals surface area contributed by atoms with Crippen LogP contribution in [0.4, 0.5) is 4.39 Å². The van der Waals surface area contributed by atoms with E-state index in [2.05, 4.69) is 10.3 Å². The second-order valence-corrected chi connectivity index (χ2v) is 5.40. The summed E-state index contributed by atoms with van der Waals surface area (Å²) in [4.78, 5) is 15.5. The monoisotopic (exact) mass is 286 g/mol. The average molecular weight is 286 g/mol. The second kappa shape index (κ2) is 8.12. The third-order valence-corrected chi connectivity index (χ3v) is 3.99. The molecule has 0 spiro atoms. The maximum atomic E-state index is 12.9. The number of carbonyl (C=O) groups excluding carboxylic acids is 1. The van der Waals surface area contributed by atoms with Gasteiger partial charge in [-0.1, -0.05) is 0 Å². The average Bonchev–Trinajstić information content (AvgIpc) is 2.38.